The van der Waals surface area contributed by atoms with E-state index in [1.54, 1.807) is 0 Å². The fourth-order valence-electron chi connectivity index (χ4n) is 1.02. The molecule has 0 fully saturated rings. The summed E-state index contributed by atoms with van der Waals surface area (Å²) >= 11 is 1.44. The van der Waals surface area contributed by atoms with Crippen LogP contribution in [0, 0.1) is 13.8 Å². The molecule has 0 bridgehead atoms. The first kappa shape index (κ1) is 11.9. The summed E-state index contributed by atoms with van der Waals surface area (Å²) in [5.74, 6) is -0.942. The van der Waals surface area contributed by atoms with Crippen LogP contribution in [0.15, 0.2) is 0 Å². The Labute approximate surface area is 92.1 Å². The number of carbonyl (C=O) groups is 1. The third-order valence-electron chi connectivity index (χ3n) is 1.96. The van der Waals surface area contributed by atoms with Gasteiger partial charge in [0.15, 0.2) is 5.13 Å². The van der Waals surface area contributed by atoms with Gasteiger partial charge in [-0.3, -0.25) is 0 Å². The van der Waals surface area contributed by atoms with Crippen molar-refractivity contribution in [3.8, 4) is 0 Å². The molecule has 2 N–H and O–H groups in total. The lowest BCUT2D eigenvalue weighted by atomic mass is 10.3. The molecule has 1 aromatic heterocycles. The van der Waals surface area contributed by atoms with E-state index >= 15 is 0 Å². The second-order valence-corrected chi connectivity index (χ2v) is 4.35. The minimum absolute atomic E-state index is 0.118. The highest BCUT2D eigenvalue weighted by atomic mass is 32.1. The molecule has 0 radical (unpaired) electrons. The number of carboxylic acid groups (broad SMARTS) is 1. The Hall–Kier alpha value is -1.14. The van der Waals surface area contributed by atoms with E-state index in [1.165, 1.54) is 18.4 Å². The van der Waals surface area contributed by atoms with Gasteiger partial charge in [0.1, 0.15) is 6.04 Å². The third kappa shape index (κ3) is 3.17. The van der Waals surface area contributed by atoms with Gasteiger partial charge in [-0.1, -0.05) is 0 Å². The number of nitrogens with zero attached hydrogens (tertiary/aromatic N) is 1. The zero-order chi connectivity index (χ0) is 11.4. The lowest BCUT2D eigenvalue weighted by molar-refractivity contribution is -0.139. The van der Waals surface area contributed by atoms with Crippen molar-refractivity contribution in [2.24, 2.45) is 0 Å². The van der Waals surface area contributed by atoms with E-state index in [-0.39, 0.29) is 6.61 Å². The molecule has 0 spiro atoms. The maximum absolute atomic E-state index is 10.8. The van der Waals surface area contributed by atoms with Gasteiger partial charge >= 0.3 is 5.97 Å². The van der Waals surface area contributed by atoms with E-state index in [2.05, 4.69) is 10.3 Å². The fraction of sp³-hybridized carbons (Fsp3) is 0.556. The monoisotopic (exact) mass is 230 g/mol. The van der Waals surface area contributed by atoms with Crippen LogP contribution in [0.1, 0.15) is 10.6 Å². The SMILES string of the molecule is COCC(Nc1nc(C)c(C)s1)C(=O)O. The van der Waals surface area contributed by atoms with E-state index < -0.39 is 12.0 Å². The number of ether oxygens (including phenoxy) is 1. The molecule has 1 heterocycles. The van der Waals surface area contributed by atoms with Crippen LogP contribution >= 0.6 is 11.3 Å². The predicted octanol–water partition coefficient (Wildman–Crippen LogP) is 1.27. The molecule has 1 unspecified atom stereocenters. The summed E-state index contributed by atoms with van der Waals surface area (Å²) in [5, 5.41) is 12.3. The van der Waals surface area contributed by atoms with Crippen molar-refractivity contribution in [1.29, 1.82) is 0 Å². The lowest BCUT2D eigenvalue weighted by Crippen LogP contribution is -2.33. The minimum Gasteiger partial charge on any atom is -0.480 e. The maximum atomic E-state index is 10.8. The summed E-state index contributed by atoms with van der Waals surface area (Å²) in [6.45, 7) is 3.96. The van der Waals surface area contributed by atoms with Crippen molar-refractivity contribution in [3.63, 3.8) is 0 Å². The van der Waals surface area contributed by atoms with Crippen molar-refractivity contribution in [2.75, 3.05) is 19.0 Å². The summed E-state index contributed by atoms with van der Waals surface area (Å²) < 4.78 is 4.81. The number of methoxy groups -OCH3 is 1. The molecule has 0 aromatic carbocycles. The van der Waals surface area contributed by atoms with Crippen molar-refractivity contribution >= 4 is 22.4 Å². The molecule has 84 valence electrons. The van der Waals surface area contributed by atoms with Gasteiger partial charge in [-0.15, -0.1) is 11.3 Å². The van der Waals surface area contributed by atoms with E-state index in [9.17, 15) is 4.79 Å². The van der Waals surface area contributed by atoms with Crippen LogP contribution in [0.4, 0.5) is 5.13 Å². The molecule has 0 saturated carbocycles. The Bertz CT molecular complexity index is 332. The Morgan fingerprint density at radius 3 is 2.73 bits per heavy atom. The second kappa shape index (κ2) is 5.09. The van der Waals surface area contributed by atoms with Gasteiger partial charge in [0.05, 0.1) is 12.3 Å². The van der Waals surface area contributed by atoms with Crippen LogP contribution in [0.2, 0.25) is 0 Å². The Balaban J connectivity index is 2.69. The molecule has 0 aliphatic heterocycles. The number of rotatable bonds is 5. The normalized spacial score (nSPS) is 12.5. The van der Waals surface area contributed by atoms with E-state index in [0.717, 1.165) is 10.6 Å². The van der Waals surface area contributed by atoms with Crippen LogP contribution in [-0.2, 0) is 9.53 Å². The van der Waals surface area contributed by atoms with Crippen molar-refractivity contribution < 1.29 is 14.6 Å². The zero-order valence-electron chi connectivity index (χ0n) is 8.90. The molecule has 0 saturated heterocycles. The number of aryl methyl sites for hydroxylation is 2. The van der Waals surface area contributed by atoms with Crippen LogP contribution in [0.3, 0.4) is 0 Å². The molecule has 0 aliphatic rings. The van der Waals surface area contributed by atoms with E-state index in [1.807, 2.05) is 13.8 Å². The van der Waals surface area contributed by atoms with E-state index in [0.29, 0.717) is 5.13 Å². The summed E-state index contributed by atoms with van der Waals surface area (Å²) in [6, 6.07) is -0.750. The van der Waals surface area contributed by atoms with Gasteiger partial charge in [0, 0.05) is 12.0 Å². The Morgan fingerprint density at radius 2 is 2.33 bits per heavy atom. The third-order valence-corrected chi connectivity index (χ3v) is 2.96. The summed E-state index contributed by atoms with van der Waals surface area (Å²) in [5.41, 5.74) is 0.920. The summed E-state index contributed by atoms with van der Waals surface area (Å²) in [4.78, 5) is 16.1. The number of aliphatic carboxylic acids is 1. The predicted molar refractivity (Wildman–Crippen MR) is 58.5 cm³/mol. The molecule has 5 nitrogen and oxygen atoms in total. The second-order valence-electron chi connectivity index (χ2n) is 3.15. The standard InChI is InChI=1S/C9H14N2O3S/c1-5-6(2)15-9(10-5)11-7(4-14-3)8(12)13/h7H,4H2,1-3H3,(H,10,11)(H,12,13). The topological polar surface area (TPSA) is 71.5 Å². The first-order chi connectivity index (χ1) is 7.04. The van der Waals surface area contributed by atoms with Gasteiger partial charge in [-0.25, -0.2) is 9.78 Å². The molecule has 0 amide bonds. The zero-order valence-corrected chi connectivity index (χ0v) is 9.72. The van der Waals surface area contributed by atoms with Gasteiger partial charge in [0.2, 0.25) is 0 Å². The first-order valence-corrected chi connectivity index (χ1v) is 5.28. The number of aromatic nitrogens is 1. The molecule has 1 aromatic rings. The van der Waals surface area contributed by atoms with Crippen molar-refractivity contribution in [2.45, 2.75) is 19.9 Å². The highest BCUT2D eigenvalue weighted by Crippen LogP contribution is 2.21. The average molecular weight is 230 g/mol. The number of hydrogen-bond acceptors (Lipinski definition) is 5. The van der Waals surface area contributed by atoms with Crippen LogP contribution < -0.4 is 5.32 Å². The Kier molecular flexibility index (Phi) is 4.05. The fourth-order valence-corrected chi connectivity index (χ4v) is 1.89. The largest absolute Gasteiger partial charge is 0.480 e. The summed E-state index contributed by atoms with van der Waals surface area (Å²) in [7, 11) is 1.47. The molecule has 1 atom stereocenters. The highest BCUT2D eigenvalue weighted by molar-refractivity contribution is 7.15. The van der Waals surface area contributed by atoms with Crippen LogP contribution in [0.5, 0.6) is 0 Å². The maximum Gasteiger partial charge on any atom is 0.328 e. The summed E-state index contributed by atoms with van der Waals surface area (Å²) in [6.07, 6.45) is 0. The van der Waals surface area contributed by atoms with E-state index in [4.69, 9.17) is 9.84 Å². The van der Waals surface area contributed by atoms with Crippen molar-refractivity contribution in [1.82, 2.24) is 4.98 Å². The minimum atomic E-state index is -0.942. The quantitative estimate of drug-likeness (QED) is 0.797. The van der Waals surface area contributed by atoms with Crippen molar-refractivity contribution in [3.05, 3.63) is 10.6 Å². The lowest BCUT2D eigenvalue weighted by Gasteiger charge is -2.11. The number of nitrogens with one attached hydrogen (secondary N) is 1. The molecule has 6 heteroatoms. The van der Waals surface area contributed by atoms with Crippen LogP contribution in [-0.4, -0.2) is 35.8 Å². The number of anilines is 1. The average Bonchev–Trinajstić information content (AvgIpc) is 2.45. The number of carboxylic acids is 1. The Morgan fingerprint density at radius 1 is 1.67 bits per heavy atom. The van der Waals surface area contributed by atoms with Gasteiger partial charge in [-0.05, 0) is 13.8 Å². The molecule has 0 aliphatic carbocycles. The number of hydrogen-bond donors (Lipinski definition) is 2. The molecule has 15 heavy (non-hydrogen) atoms. The van der Waals surface area contributed by atoms with Gasteiger partial charge in [-0.2, -0.15) is 0 Å². The van der Waals surface area contributed by atoms with Gasteiger partial charge < -0.3 is 15.2 Å². The van der Waals surface area contributed by atoms with Crippen LogP contribution in [0.25, 0.3) is 0 Å². The molecular formula is C9H14N2O3S. The molecular weight excluding hydrogens is 216 g/mol. The molecule has 1 rings (SSSR count). The number of thiazole rings is 1. The highest BCUT2D eigenvalue weighted by Gasteiger charge is 2.18. The smallest absolute Gasteiger partial charge is 0.328 e. The first-order valence-electron chi connectivity index (χ1n) is 4.47. The van der Waals surface area contributed by atoms with Gasteiger partial charge in [0.25, 0.3) is 0 Å².